The molecule has 0 bridgehead atoms. The number of benzene rings is 1. The van der Waals surface area contributed by atoms with E-state index >= 15 is 0 Å². The van der Waals surface area contributed by atoms with Crippen molar-refractivity contribution in [3.05, 3.63) is 70.3 Å². The van der Waals surface area contributed by atoms with Gasteiger partial charge in [-0.25, -0.2) is 24.1 Å². The summed E-state index contributed by atoms with van der Waals surface area (Å²) in [4.78, 5) is 33.5. The summed E-state index contributed by atoms with van der Waals surface area (Å²) >= 11 is 5.88. The summed E-state index contributed by atoms with van der Waals surface area (Å²) in [6.45, 7) is -1.57. The van der Waals surface area contributed by atoms with Crippen molar-refractivity contribution in [1.82, 2.24) is 34.1 Å². The van der Waals surface area contributed by atoms with Gasteiger partial charge in [-0.2, -0.15) is 26.3 Å². The van der Waals surface area contributed by atoms with Gasteiger partial charge in [-0.1, -0.05) is 11.6 Å². The van der Waals surface area contributed by atoms with Crippen LogP contribution in [0.4, 0.5) is 32.2 Å². The molecule has 1 aliphatic carbocycles. The zero-order chi connectivity index (χ0) is 30.4. The summed E-state index contributed by atoms with van der Waals surface area (Å²) in [5, 5.41) is 20.4. The number of carbonyl (C=O) groups is 1. The van der Waals surface area contributed by atoms with E-state index in [9.17, 15) is 41.0 Å². The fourth-order valence-corrected chi connectivity index (χ4v) is 4.21. The highest BCUT2D eigenvalue weighted by molar-refractivity contribution is 6.30. The molecule has 1 fully saturated rings. The Kier molecular flexibility index (Phi) is 7.34. The minimum atomic E-state index is -5.00. The van der Waals surface area contributed by atoms with Gasteiger partial charge in [0, 0.05) is 16.8 Å². The predicted octanol–water partition coefficient (Wildman–Crippen LogP) is 3.59. The lowest BCUT2D eigenvalue weighted by molar-refractivity contribution is -0.207. The standard InChI is InChI=1S/C24H19ClF6N8O3/c25-14-5-3-13(4-6-14)19-36-38(21(42)37(19)10-16(40)23(26,27)28)11-17-33-12-39(35-17)15-2-1-9-32-18(15)34-20(41)22(7-8-22)24(29,30)31/h1-6,9,12,16,40H,7-8,10-11H2,(H,32,34,41)/t16-/m0/s1. The highest BCUT2D eigenvalue weighted by Gasteiger charge is 2.68. The van der Waals surface area contributed by atoms with Crippen molar-refractivity contribution in [2.75, 3.05) is 5.32 Å². The predicted molar refractivity (Wildman–Crippen MR) is 134 cm³/mol. The number of halogens is 7. The summed E-state index contributed by atoms with van der Waals surface area (Å²) in [6.07, 6.45) is -10.9. The van der Waals surface area contributed by atoms with Crippen molar-refractivity contribution in [2.45, 2.75) is 44.4 Å². The van der Waals surface area contributed by atoms with Crippen molar-refractivity contribution in [3.63, 3.8) is 0 Å². The van der Waals surface area contributed by atoms with Crippen molar-refractivity contribution in [1.29, 1.82) is 0 Å². The molecule has 18 heteroatoms. The van der Waals surface area contributed by atoms with Gasteiger partial charge in [-0.05, 0) is 49.2 Å². The quantitative estimate of drug-likeness (QED) is 0.289. The zero-order valence-corrected chi connectivity index (χ0v) is 21.8. The fourth-order valence-electron chi connectivity index (χ4n) is 4.09. The van der Waals surface area contributed by atoms with E-state index in [-0.39, 0.29) is 41.6 Å². The third-order valence-corrected chi connectivity index (χ3v) is 6.83. The molecule has 0 saturated heterocycles. The van der Waals surface area contributed by atoms with Crippen LogP contribution in [0.25, 0.3) is 17.1 Å². The summed E-state index contributed by atoms with van der Waals surface area (Å²) in [6, 6.07) is 8.60. The molecular weight excluding hydrogens is 598 g/mol. The van der Waals surface area contributed by atoms with Crippen LogP contribution in [0, 0.1) is 5.41 Å². The summed E-state index contributed by atoms with van der Waals surface area (Å²) in [5.74, 6) is -1.73. The van der Waals surface area contributed by atoms with E-state index in [0.29, 0.717) is 9.59 Å². The highest BCUT2D eigenvalue weighted by atomic mass is 35.5. The number of nitrogens with one attached hydrogen (secondary N) is 1. The maximum atomic E-state index is 13.4. The second-order valence-electron chi connectivity index (χ2n) is 9.45. The Labute approximate surface area is 236 Å². The first-order valence-electron chi connectivity index (χ1n) is 12.1. The average molecular weight is 617 g/mol. The SMILES string of the molecule is O=C(Nc1ncccc1-n1cnc(Cn2nc(-c3ccc(Cl)cc3)n(C[C@H](O)C(F)(F)F)c2=O)n1)C1(C(F)(F)F)CC1. The molecule has 4 aromatic rings. The minimum Gasteiger partial charge on any atom is -0.382 e. The Balaban J connectivity index is 1.43. The smallest absolute Gasteiger partial charge is 0.382 e. The Morgan fingerprint density at radius 2 is 1.76 bits per heavy atom. The second-order valence-corrected chi connectivity index (χ2v) is 9.89. The zero-order valence-electron chi connectivity index (χ0n) is 21.1. The Morgan fingerprint density at radius 3 is 2.38 bits per heavy atom. The van der Waals surface area contributed by atoms with Gasteiger partial charge in [0.2, 0.25) is 5.91 Å². The third-order valence-electron chi connectivity index (χ3n) is 6.58. The molecule has 2 N–H and O–H groups in total. The molecule has 0 unspecified atom stereocenters. The van der Waals surface area contributed by atoms with Crippen LogP contribution < -0.4 is 11.0 Å². The van der Waals surface area contributed by atoms with Gasteiger partial charge in [0.05, 0.1) is 6.54 Å². The van der Waals surface area contributed by atoms with E-state index in [4.69, 9.17) is 11.6 Å². The van der Waals surface area contributed by atoms with E-state index in [2.05, 4.69) is 25.5 Å². The number of aliphatic hydroxyl groups excluding tert-OH is 1. The van der Waals surface area contributed by atoms with Gasteiger partial charge < -0.3 is 10.4 Å². The van der Waals surface area contributed by atoms with Crippen molar-refractivity contribution in [3.8, 4) is 17.1 Å². The molecule has 3 heterocycles. The molecule has 3 aromatic heterocycles. The molecule has 0 aliphatic heterocycles. The van der Waals surface area contributed by atoms with Gasteiger partial charge in [0.15, 0.2) is 23.6 Å². The summed E-state index contributed by atoms with van der Waals surface area (Å²) in [5.41, 5.74) is -3.19. The maximum absolute atomic E-state index is 13.4. The first-order chi connectivity index (χ1) is 19.7. The van der Waals surface area contributed by atoms with Crippen LogP contribution >= 0.6 is 11.6 Å². The van der Waals surface area contributed by atoms with Crippen molar-refractivity contribution in [2.24, 2.45) is 5.41 Å². The molecule has 1 aliphatic rings. The maximum Gasteiger partial charge on any atom is 0.416 e. The van der Waals surface area contributed by atoms with Gasteiger partial charge in [-0.3, -0.25) is 9.36 Å². The molecule has 11 nitrogen and oxygen atoms in total. The lowest BCUT2D eigenvalue weighted by atomic mass is 10.1. The lowest BCUT2D eigenvalue weighted by Crippen LogP contribution is -2.37. The van der Waals surface area contributed by atoms with Crippen molar-refractivity contribution >= 4 is 23.3 Å². The number of hydrogen-bond acceptors (Lipinski definition) is 7. The Morgan fingerprint density at radius 1 is 1.07 bits per heavy atom. The monoisotopic (exact) mass is 616 g/mol. The molecule has 1 amide bonds. The second kappa shape index (κ2) is 10.5. The minimum absolute atomic E-state index is 0.0594. The molecule has 0 spiro atoms. The van der Waals surface area contributed by atoms with Crippen LogP contribution in [0.2, 0.25) is 5.02 Å². The largest absolute Gasteiger partial charge is 0.416 e. The van der Waals surface area contributed by atoms with Crippen LogP contribution in [0.1, 0.15) is 18.7 Å². The van der Waals surface area contributed by atoms with E-state index in [1.54, 1.807) is 0 Å². The fraction of sp³-hybridized carbons (Fsp3) is 0.333. The molecular formula is C24H19ClF6N8O3. The lowest BCUT2D eigenvalue weighted by Gasteiger charge is -2.19. The van der Waals surface area contributed by atoms with Crippen LogP contribution in [0.3, 0.4) is 0 Å². The molecule has 5 rings (SSSR count). The normalized spacial score (nSPS) is 15.4. The Hall–Kier alpha value is -4.25. The molecule has 222 valence electrons. The number of nitrogens with zero attached hydrogens (tertiary/aromatic N) is 7. The number of pyridine rings is 1. The first kappa shape index (κ1) is 29.2. The topological polar surface area (TPSA) is 133 Å². The Bertz CT molecular complexity index is 1670. The number of carbonyl (C=O) groups excluding carboxylic acids is 1. The first-order valence-corrected chi connectivity index (χ1v) is 12.5. The van der Waals surface area contributed by atoms with Gasteiger partial charge in [0.25, 0.3) is 0 Å². The number of amides is 1. The molecule has 0 radical (unpaired) electrons. The molecule has 1 aromatic carbocycles. The van der Waals surface area contributed by atoms with Crippen LogP contribution in [-0.4, -0.2) is 63.6 Å². The third kappa shape index (κ3) is 5.61. The van der Waals surface area contributed by atoms with Crippen LogP contribution in [-0.2, 0) is 17.9 Å². The number of aliphatic hydroxyl groups is 1. The van der Waals surface area contributed by atoms with E-state index < -0.39 is 48.6 Å². The van der Waals surface area contributed by atoms with Gasteiger partial charge >= 0.3 is 18.0 Å². The van der Waals surface area contributed by atoms with Crippen LogP contribution in [0.5, 0.6) is 0 Å². The number of hydrogen-bond donors (Lipinski definition) is 2. The number of anilines is 1. The van der Waals surface area contributed by atoms with E-state index in [0.717, 1.165) is 15.7 Å². The van der Waals surface area contributed by atoms with E-state index in [1.165, 1.54) is 42.6 Å². The summed E-state index contributed by atoms with van der Waals surface area (Å²) < 4.78 is 82.0. The number of alkyl halides is 6. The molecule has 1 atom stereocenters. The molecule has 42 heavy (non-hydrogen) atoms. The van der Waals surface area contributed by atoms with Gasteiger partial charge in [-0.15, -0.1) is 10.2 Å². The number of rotatable bonds is 8. The summed E-state index contributed by atoms with van der Waals surface area (Å²) in [7, 11) is 0. The number of aromatic nitrogens is 7. The van der Waals surface area contributed by atoms with Crippen molar-refractivity contribution < 1.29 is 36.2 Å². The highest BCUT2D eigenvalue weighted by Crippen LogP contribution is 2.58. The van der Waals surface area contributed by atoms with Crippen LogP contribution in [0.15, 0.2) is 53.7 Å². The van der Waals surface area contributed by atoms with Gasteiger partial charge in [0.1, 0.15) is 24.0 Å². The average Bonchev–Trinajstić information content (AvgIpc) is 3.55. The van der Waals surface area contributed by atoms with E-state index in [1.807, 2.05) is 0 Å². The molecule has 1 saturated carbocycles.